The second-order valence-corrected chi connectivity index (χ2v) is 6.80. The molecular weight excluding hydrogens is 292 g/mol. The minimum Gasteiger partial charge on any atom is -0.271 e. The van der Waals surface area contributed by atoms with Crippen LogP contribution in [0.25, 0.3) is 0 Å². The maximum Gasteiger partial charge on any atom is 0.299 e. The molecular formula is C10H15BrN2O2S. The zero-order valence-corrected chi connectivity index (χ0v) is 11.8. The fraction of sp³-hybridized carbons (Fsp3) is 0.400. The van der Waals surface area contributed by atoms with E-state index in [4.69, 9.17) is 0 Å². The SMILES string of the molecule is CC(C)(C)NS(=O)(=O)Nc1ccc(Br)cc1. The van der Waals surface area contributed by atoms with Gasteiger partial charge in [-0.1, -0.05) is 15.9 Å². The Balaban J connectivity index is 2.77. The third kappa shape index (κ3) is 4.96. The molecule has 0 heterocycles. The monoisotopic (exact) mass is 306 g/mol. The van der Waals surface area contributed by atoms with Crippen molar-refractivity contribution in [1.29, 1.82) is 0 Å². The molecule has 0 fully saturated rings. The van der Waals surface area contributed by atoms with Gasteiger partial charge in [-0.2, -0.15) is 13.1 Å². The van der Waals surface area contributed by atoms with Crippen molar-refractivity contribution >= 4 is 31.8 Å². The average Bonchev–Trinajstić information content (AvgIpc) is 2.04. The second-order valence-electron chi connectivity index (χ2n) is 4.46. The Morgan fingerprint density at radius 2 is 1.62 bits per heavy atom. The minimum atomic E-state index is -3.52. The van der Waals surface area contributed by atoms with Crippen LogP contribution in [0.3, 0.4) is 0 Å². The molecule has 0 saturated carbocycles. The van der Waals surface area contributed by atoms with E-state index < -0.39 is 15.7 Å². The maximum absolute atomic E-state index is 11.7. The molecule has 6 heteroatoms. The van der Waals surface area contributed by atoms with E-state index in [2.05, 4.69) is 25.4 Å². The second kappa shape index (κ2) is 4.73. The van der Waals surface area contributed by atoms with E-state index in [1.54, 1.807) is 45.0 Å². The van der Waals surface area contributed by atoms with Crippen molar-refractivity contribution in [3.63, 3.8) is 0 Å². The smallest absolute Gasteiger partial charge is 0.271 e. The van der Waals surface area contributed by atoms with E-state index in [9.17, 15) is 8.42 Å². The van der Waals surface area contributed by atoms with Crippen molar-refractivity contribution in [2.45, 2.75) is 26.3 Å². The topological polar surface area (TPSA) is 58.2 Å². The van der Waals surface area contributed by atoms with Gasteiger partial charge in [0.05, 0.1) is 0 Å². The summed E-state index contributed by atoms with van der Waals surface area (Å²) >= 11 is 3.28. The summed E-state index contributed by atoms with van der Waals surface area (Å²) in [6, 6.07) is 6.92. The summed E-state index contributed by atoms with van der Waals surface area (Å²) in [5.41, 5.74) is 0.0289. The lowest BCUT2D eigenvalue weighted by Crippen LogP contribution is -2.43. The molecule has 0 aliphatic heterocycles. The Kier molecular flexibility index (Phi) is 3.98. The number of rotatable bonds is 3. The quantitative estimate of drug-likeness (QED) is 0.901. The molecule has 0 aliphatic carbocycles. The van der Waals surface area contributed by atoms with E-state index in [0.717, 1.165) is 4.47 Å². The maximum atomic E-state index is 11.7. The molecule has 0 aliphatic rings. The van der Waals surface area contributed by atoms with Crippen LogP contribution in [0.4, 0.5) is 5.69 Å². The third-order valence-corrected chi connectivity index (χ3v) is 3.45. The van der Waals surface area contributed by atoms with Gasteiger partial charge in [0.2, 0.25) is 0 Å². The zero-order valence-electron chi connectivity index (χ0n) is 9.41. The number of nitrogens with one attached hydrogen (secondary N) is 2. The van der Waals surface area contributed by atoms with Gasteiger partial charge < -0.3 is 0 Å². The predicted octanol–water partition coefficient (Wildman–Crippen LogP) is 2.49. The molecule has 0 radical (unpaired) electrons. The molecule has 1 aromatic carbocycles. The van der Waals surface area contributed by atoms with Crippen molar-refractivity contribution in [3.8, 4) is 0 Å². The van der Waals surface area contributed by atoms with E-state index in [0.29, 0.717) is 5.69 Å². The highest BCUT2D eigenvalue weighted by Gasteiger charge is 2.19. The molecule has 16 heavy (non-hydrogen) atoms. The lowest BCUT2D eigenvalue weighted by Gasteiger charge is -2.20. The van der Waals surface area contributed by atoms with E-state index in [-0.39, 0.29) is 0 Å². The number of anilines is 1. The van der Waals surface area contributed by atoms with Crippen molar-refractivity contribution < 1.29 is 8.42 Å². The summed E-state index contributed by atoms with van der Waals surface area (Å²) in [6.07, 6.45) is 0. The highest BCUT2D eigenvalue weighted by molar-refractivity contribution is 9.10. The normalized spacial score (nSPS) is 12.5. The summed E-state index contributed by atoms with van der Waals surface area (Å²) in [6.45, 7) is 5.36. The standard InChI is InChI=1S/C10H15BrN2O2S/c1-10(2,3)13-16(14,15)12-9-6-4-8(11)5-7-9/h4-7,12-13H,1-3H3. The van der Waals surface area contributed by atoms with Gasteiger partial charge >= 0.3 is 0 Å². The Hall–Kier alpha value is -0.590. The zero-order chi connectivity index (χ0) is 12.4. The average molecular weight is 307 g/mol. The third-order valence-electron chi connectivity index (χ3n) is 1.54. The number of hydrogen-bond acceptors (Lipinski definition) is 2. The van der Waals surface area contributed by atoms with Crippen LogP contribution in [0.1, 0.15) is 20.8 Å². The van der Waals surface area contributed by atoms with Gasteiger partial charge in [0.1, 0.15) is 0 Å². The van der Waals surface area contributed by atoms with Gasteiger partial charge in [0, 0.05) is 15.7 Å². The molecule has 2 N–H and O–H groups in total. The number of benzene rings is 1. The molecule has 0 unspecified atom stereocenters. The van der Waals surface area contributed by atoms with Crippen LogP contribution in [-0.2, 0) is 10.2 Å². The Morgan fingerprint density at radius 3 is 2.06 bits per heavy atom. The van der Waals surface area contributed by atoms with Gasteiger partial charge in [-0.3, -0.25) is 4.72 Å². The molecule has 1 rings (SSSR count). The van der Waals surface area contributed by atoms with Gasteiger partial charge in [-0.15, -0.1) is 0 Å². The highest BCUT2D eigenvalue weighted by Crippen LogP contribution is 2.15. The molecule has 0 aromatic heterocycles. The van der Waals surface area contributed by atoms with Crippen LogP contribution in [-0.4, -0.2) is 14.0 Å². The predicted molar refractivity (Wildman–Crippen MR) is 69.6 cm³/mol. The molecule has 90 valence electrons. The summed E-state index contributed by atoms with van der Waals surface area (Å²) in [4.78, 5) is 0. The fourth-order valence-electron chi connectivity index (χ4n) is 1.10. The van der Waals surface area contributed by atoms with E-state index >= 15 is 0 Å². The van der Waals surface area contributed by atoms with Crippen LogP contribution in [0.5, 0.6) is 0 Å². The van der Waals surface area contributed by atoms with Crippen LogP contribution >= 0.6 is 15.9 Å². The highest BCUT2D eigenvalue weighted by atomic mass is 79.9. The molecule has 0 atom stereocenters. The van der Waals surface area contributed by atoms with Crippen molar-refractivity contribution in [3.05, 3.63) is 28.7 Å². The number of halogens is 1. The summed E-state index contributed by atoms with van der Waals surface area (Å²) < 4.78 is 29.2. The van der Waals surface area contributed by atoms with Crippen molar-refractivity contribution in [2.24, 2.45) is 0 Å². The lowest BCUT2D eigenvalue weighted by molar-refractivity contribution is 0.494. The molecule has 0 saturated heterocycles. The first-order valence-electron chi connectivity index (χ1n) is 4.75. The van der Waals surface area contributed by atoms with Gasteiger partial charge in [0.25, 0.3) is 10.2 Å². The fourth-order valence-corrected chi connectivity index (χ4v) is 2.67. The van der Waals surface area contributed by atoms with Gasteiger partial charge in [-0.25, -0.2) is 0 Å². The van der Waals surface area contributed by atoms with Crippen molar-refractivity contribution in [1.82, 2.24) is 4.72 Å². The van der Waals surface area contributed by atoms with Gasteiger partial charge in [-0.05, 0) is 45.0 Å². The molecule has 4 nitrogen and oxygen atoms in total. The molecule has 0 bridgehead atoms. The van der Waals surface area contributed by atoms with Crippen LogP contribution in [0.15, 0.2) is 28.7 Å². The van der Waals surface area contributed by atoms with E-state index in [1.807, 2.05) is 0 Å². The Labute approximate surface area is 105 Å². The molecule has 0 spiro atoms. The minimum absolute atomic E-state index is 0.499. The van der Waals surface area contributed by atoms with Crippen LogP contribution < -0.4 is 9.44 Å². The lowest BCUT2D eigenvalue weighted by atomic mass is 10.1. The summed E-state index contributed by atoms with van der Waals surface area (Å²) in [5.74, 6) is 0. The van der Waals surface area contributed by atoms with Crippen molar-refractivity contribution in [2.75, 3.05) is 4.72 Å². The first kappa shape index (κ1) is 13.5. The summed E-state index contributed by atoms with van der Waals surface area (Å²) in [5, 5.41) is 0. The molecule has 0 amide bonds. The largest absolute Gasteiger partial charge is 0.299 e. The summed E-state index contributed by atoms with van der Waals surface area (Å²) in [7, 11) is -3.52. The van der Waals surface area contributed by atoms with Crippen LogP contribution in [0.2, 0.25) is 0 Å². The molecule has 1 aromatic rings. The Bertz CT molecular complexity index is 449. The number of hydrogen-bond donors (Lipinski definition) is 2. The first-order valence-corrected chi connectivity index (χ1v) is 7.03. The van der Waals surface area contributed by atoms with E-state index in [1.165, 1.54) is 0 Å². The Morgan fingerprint density at radius 1 is 1.12 bits per heavy atom. The first-order chi connectivity index (χ1) is 7.18. The van der Waals surface area contributed by atoms with Gasteiger partial charge in [0.15, 0.2) is 0 Å². The van der Waals surface area contributed by atoms with Crippen LogP contribution in [0, 0.1) is 0 Å².